The number of benzene rings is 1. The van der Waals surface area contributed by atoms with E-state index < -0.39 is 0 Å². The lowest BCUT2D eigenvalue weighted by Crippen LogP contribution is -1.97. The smallest absolute Gasteiger partial charge is 0.167 e. The molecule has 3 nitrogen and oxygen atoms in total. The zero-order valence-corrected chi connectivity index (χ0v) is 10.2. The van der Waals surface area contributed by atoms with Gasteiger partial charge in [0.1, 0.15) is 0 Å². The van der Waals surface area contributed by atoms with Crippen LogP contribution in [0.1, 0.15) is 12.6 Å². The van der Waals surface area contributed by atoms with Crippen molar-refractivity contribution in [2.45, 2.75) is 13.3 Å². The normalized spacial score (nSPS) is 10.6. The van der Waals surface area contributed by atoms with Crippen LogP contribution in [-0.2, 0) is 6.42 Å². The zero-order valence-electron chi connectivity index (χ0n) is 10.2. The Kier molecular flexibility index (Phi) is 3.13. The highest BCUT2D eigenvalue weighted by atomic mass is 19.1. The fourth-order valence-corrected chi connectivity index (χ4v) is 1.83. The number of nitrogens with zero attached hydrogens (tertiary/aromatic N) is 1. The Hall–Kier alpha value is -1.84. The molecule has 0 atom stereocenters. The highest BCUT2D eigenvalue weighted by molar-refractivity contribution is 5.92. The first-order valence-electron chi connectivity index (χ1n) is 5.54. The van der Waals surface area contributed by atoms with E-state index in [9.17, 15) is 4.39 Å². The van der Waals surface area contributed by atoms with Gasteiger partial charge in [-0.05, 0) is 18.6 Å². The molecule has 90 valence electrons. The number of anilines is 1. The van der Waals surface area contributed by atoms with Gasteiger partial charge in [-0.1, -0.05) is 6.92 Å². The van der Waals surface area contributed by atoms with Gasteiger partial charge in [0, 0.05) is 29.9 Å². The molecule has 0 radical (unpaired) electrons. The van der Waals surface area contributed by atoms with Crippen LogP contribution in [0.4, 0.5) is 10.1 Å². The third-order valence-electron chi connectivity index (χ3n) is 2.77. The summed E-state index contributed by atoms with van der Waals surface area (Å²) in [6.07, 6.45) is 0.818. The lowest BCUT2D eigenvalue weighted by atomic mass is 10.1. The number of nitrogens with one attached hydrogen (secondary N) is 1. The van der Waals surface area contributed by atoms with Crippen molar-refractivity contribution in [3.63, 3.8) is 0 Å². The van der Waals surface area contributed by atoms with Gasteiger partial charge in [0.05, 0.1) is 12.6 Å². The van der Waals surface area contributed by atoms with Crippen LogP contribution in [-0.4, -0.2) is 19.1 Å². The van der Waals surface area contributed by atoms with E-state index in [1.807, 2.05) is 20.0 Å². The van der Waals surface area contributed by atoms with E-state index in [1.165, 1.54) is 13.2 Å². The van der Waals surface area contributed by atoms with Crippen LogP contribution < -0.4 is 10.1 Å². The van der Waals surface area contributed by atoms with E-state index in [0.717, 1.165) is 23.2 Å². The molecule has 0 amide bonds. The second kappa shape index (κ2) is 4.57. The average Bonchev–Trinajstić information content (AvgIpc) is 2.36. The predicted octanol–water partition coefficient (Wildman–Crippen LogP) is 2.99. The van der Waals surface area contributed by atoms with E-state index in [2.05, 4.69) is 10.3 Å². The van der Waals surface area contributed by atoms with Crippen molar-refractivity contribution in [1.29, 1.82) is 0 Å². The number of pyridine rings is 1. The molecular formula is C13H15FN2O. The molecule has 0 aliphatic rings. The number of aromatic nitrogens is 1. The van der Waals surface area contributed by atoms with Crippen LogP contribution >= 0.6 is 0 Å². The minimum Gasteiger partial charge on any atom is -0.494 e. The molecule has 2 rings (SSSR count). The first kappa shape index (κ1) is 11.6. The molecule has 4 heteroatoms. The maximum atomic E-state index is 13.6. The van der Waals surface area contributed by atoms with Gasteiger partial charge in [0.25, 0.3) is 0 Å². The molecule has 17 heavy (non-hydrogen) atoms. The van der Waals surface area contributed by atoms with E-state index in [1.54, 1.807) is 6.07 Å². The Labute approximate surface area is 99.6 Å². The summed E-state index contributed by atoms with van der Waals surface area (Å²) in [5, 5.41) is 3.96. The van der Waals surface area contributed by atoms with Crippen molar-refractivity contribution in [2.75, 3.05) is 19.5 Å². The molecule has 0 saturated heterocycles. The van der Waals surface area contributed by atoms with Gasteiger partial charge in [-0.15, -0.1) is 0 Å². The first-order chi connectivity index (χ1) is 8.19. The van der Waals surface area contributed by atoms with Crippen molar-refractivity contribution >= 4 is 16.6 Å². The molecule has 0 aliphatic carbocycles. The van der Waals surface area contributed by atoms with Gasteiger partial charge in [-0.3, -0.25) is 4.98 Å². The fraction of sp³-hybridized carbons (Fsp3) is 0.308. The van der Waals surface area contributed by atoms with Crippen LogP contribution in [0, 0.1) is 5.82 Å². The molecule has 0 aliphatic heterocycles. The van der Waals surface area contributed by atoms with Gasteiger partial charge in [0.15, 0.2) is 11.6 Å². The van der Waals surface area contributed by atoms with Crippen molar-refractivity contribution in [1.82, 2.24) is 4.98 Å². The number of fused-ring (bicyclic) bond motifs is 1. The van der Waals surface area contributed by atoms with Gasteiger partial charge < -0.3 is 10.1 Å². The van der Waals surface area contributed by atoms with Crippen molar-refractivity contribution < 1.29 is 9.13 Å². The van der Waals surface area contributed by atoms with Gasteiger partial charge in [-0.25, -0.2) is 4.39 Å². The monoisotopic (exact) mass is 234 g/mol. The highest BCUT2D eigenvalue weighted by Gasteiger charge is 2.10. The maximum absolute atomic E-state index is 13.6. The summed E-state index contributed by atoms with van der Waals surface area (Å²) in [6.45, 7) is 2.02. The summed E-state index contributed by atoms with van der Waals surface area (Å²) >= 11 is 0. The van der Waals surface area contributed by atoms with E-state index in [-0.39, 0.29) is 11.6 Å². The fourth-order valence-electron chi connectivity index (χ4n) is 1.83. The van der Waals surface area contributed by atoms with Crippen LogP contribution in [0.2, 0.25) is 0 Å². The number of ether oxygens (including phenoxy) is 1. The van der Waals surface area contributed by atoms with Gasteiger partial charge in [0.2, 0.25) is 0 Å². The average molecular weight is 234 g/mol. The van der Waals surface area contributed by atoms with E-state index in [4.69, 9.17) is 4.74 Å². The molecule has 1 aromatic carbocycles. The number of hydrogen-bond acceptors (Lipinski definition) is 3. The molecule has 1 N–H and O–H groups in total. The first-order valence-corrected chi connectivity index (χ1v) is 5.54. The standard InChI is InChI=1S/C13H15FN2O/c1-4-8-5-11(15-2)9-6-13(17-3)10(14)7-12(9)16-8/h5-7H,4H2,1-3H3,(H,15,16). The minimum absolute atomic E-state index is 0.236. The molecular weight excluding hydrogens is 219 g/mol. The van der Waals surface area contributed by atoms with Crippen molar-refractivity contribution in [2.24, 2.45) is 0 Å². The minimum atomic E-state index is -0.386. The van der Waals surface area contributed by atoms with Crippen molar-refractivity contribution in [3.8, 4) is 5.75 Å². The molecule has 0 fully saturated rings. The summed E-state index contributed by atoms with van der Waals surface area (Å²) in [5.41, 5.74) is 2.52. The maximum Gasteiger partial charge on any atom is 0.167 e. The molecule has 0 unspecified atom stereocenters. The van der Waals surface area contributed by atoms with Gasteiger partial charge in [-0.2, -0.15) is 0 Å². The third-order valence-corrected chi connectivity index (χ3v) is 2.77. The summed E-state index contributed by atoms with van der Waals surface area (Å²) in [6, 6.07) is 5.05. The Bertz CT molecular complexity index is 555. The Morgan fingerprint density at radius 1 is 1.35 bits per heavy atom. The Balaban J connectivity index is 2.75. The zero-order chi connectivity index (χ0) is 12.4. The Morgan fingerprint density at radius 2 is 2.12 bits per heavy atom. The Morgan fingerprint density at radius 3 is 2.71 bits per heavy atom. The van der Waals surface area contributed by atoms with Crippen LogP contribution in [0.5, 0.6) is 5.75 Å². The number of methoxy groups -OCH3 is 1. The highest BCUT2D eigenvalue weighted by Crippen LogP contribution is 2.29. The number of aryl methyl sites for hydroxylation is 1. The lowest BCUT2D eigenvalue weighted by molar-refractivity contribution is 0.387. The molecule has 0 spiro atoms. The number of rotatable bonds is 3. The molecule has 2 aromatic rings. The van der Waals surface area contributed by atoms with Crippen LogP contribution in [0.3, 0.4) is 0 Å². The summed E-state index contributed by atoms with van der Waals surface area (Å²) in [4.78, 5) is 4.40. The molecule has 1 aromatic heterocycles. The van der Waals surface area contributed by atoms with Crippen LogP contribution in [0.15, 0.2) is 18.2 Å². The molecule has 0 saturated carbocycles. The van der Waals surface area contributed by atoms with Gasteiger partial charge >= 0.3 is 0 Å². The second-order valence-corrected chi connectivity index (χ2v) is 3.77. The summed E-state index contributed by atoms with van der Waals surface area (Å²) in [7, 11) is 3.29. The van der Waals surface area contributed by atoms with E-state index >= 15 is 0 Å². The summed E-state index contributed by atoms with van der Waals surface area (Å²) < 4.78 is 18.6. The largest absolute Gasteiger partial charge is 0.494 e. The topological polar surface area (TPSA) is 34.1 Å². The molecule has 0 bridgehead atoms. The third kappa shape index (κ3) is 2.02. The predicted molar refractivity (Wildman–Crippen MR) is 67.2 cm³/mol. The number of halogens is 1. The summed E-state index contributed by atoms with van der Waals surface area (Å²) in [5.74, 6) is -0.150. The SMILES string of the molecule is CCc1cc(NC)c2cc(OC)c(F)cc2n1. The van der Waals surface area contributed by atoms with Crippen LogP contribution in [0.25, 0.3) is 10.9 Å². The molecule has 1 heterocycles. The number of hydrogen-bond donors (Lipinski definition) is 1. The van der Waals surface area contributed by atoms with Crippen molar-refractivity contribution in [3.05, 3.63) is 29.7 Å². The van der Waals surface area contributed by atoms with E-state index in [0.29, 0.717) is 5.52 Å². The quantitative estimate of drug-likeness (QED) is 0.886. The lowest BCUT2D eigenvalue weighted by Gasteiger charge is -2.10. The second-order valence-electron chi connectivity index (χ2n) is 3.77.